The fraction of sp³-hybridized carbons (Fsp3) is 1.00. The molecular weight excluding hydrogens is 186 g/mol. The molecule has 1 atom stereocenters. The van der Waals surface area contributed by atoms with Crippen LogP contribution in [0.2, 0.25) is 0 Å². The average molecular weight is 213 g/mol. The highest BCUT2D eigenvalue weighted by Crippen LogP contribution is 2.27. The van der Waals surface area contributed by atoms with Crippen LogP contribution in [0.25, 0.3) is 0 Å². The van der Waals surface area contributed by atoms with E-state index in [0.717, 1.165) is 19.1 Å². The normalized spacial score (nSPS) is 20.8. The van der Waals surface area contributed by atoms with Crippen LogP contribution in [-0.2, 0) is 4.74 Å². The molecule has 1 unspecified atom stereocenters. The van der Waals surface area contributed by atoms with Crippen molar-refractivity contribution in [3.63, 3.8) is 0 Å². The zero-order chi connectivity index (χ0) is 11.3. The summed E-state index contributed by atoms with van der Waals surface area (Å²) < 4.78 is 5.68. The van der Waals surface area contributed by atoms with E-state index >= 15 is 0 Å². The van der Waals surface area contributed by atoms with Crippen molar-refractivity contribution < 1.29 is 4.74 Å². The molecule has 0 heterocycles. The van der Waals surface area contributed by atoms with Gasteiger partial charge in [-0.25, -0.2) is 0 Å². The van der Waals surface area contributed by atoms with Gasteiger partial charge in [-0.2, -0.15) is 0 Å². The van der Waals surface area contributed by atoms with Crippen LogP contribution in [0, 0.1) is 5.92 Å². The zero-order valence-corrected chi connectivity index (χ0v) is 10.8. The molecule has 0 spiro atoms. The second-order valence-corrected chi connectivity index (χ2v) is 5.41. The van der Waals surface area contributed by atoms with Gasteiger partial charge in [-0.15, -0.1) is 0 Å². The van der Waals surface area contributed by atoms with Crippen molar-refractivity contribution >= 4 is 0 Å². The zero-order valence-electron chi connectivity index (χ0n) is 10.8. The summed E-state index contributed by atoms with van der Waals surface area (Å²) in [7, 11) is 0. The standard InChI is InChI=1S/C13H27NO/c1-5-15-13(3,4)10-14-11(2)12-8-6-7-9-12/h11-12,14H,5-10H2,1-4H3. The molecule has 2 heteroatoms. The van der Waals surface area contributed by atoms with Gasteiger partial charge in [-0.05, 0) is 46.5 Å². The number of hydrogen-bond acceptors (Lipinski definition) is 2. The minimum Gasteiger partial charge on any atom is -0.375 e. The lowest BCUT2D eigenvalue weighted by molar-refractivity contribution is -0.0113. The van der Waals surface area contributed by atoms with E-state index in [1.807, 2.05) is 0 Å². The van der Waals surface area contributed by atoms with Crippen molar-refractivity contribution in [3.8, 4) is 0 Å². The van der Waals surface area contributed by atoms with Crippen molar-refractivity contribution in [2.45, 2.75) is 65.0 Å². The predicted octanol–water partition coefficient (Wildman–Crippen LogP) is 2.97. The van der Waals surface area contributed by atoms with Crippen LogP contribution in [0.4, 0.5) is 0 Å². The number of ether oxygens (including phenoxy) is 1. The Bertz CT molecular complexity index is 173. The van der Waals surface area contributed by atoms with Gasteiger partial charge < -0.3 is 10.1 Å². The molecule has 0 radical (unpaired) electrons. The largest absolute Gasteiger partial charge is 0.375 e. The van der Waals surface area contributed by atoms with Gasteiger partial charge in [-0.3, -0.25) is 0 Å². The van der Waals surface area contributed by atoms with Gasteiger partial charge >= 0.3 is 0 Å². The second kappa shape index (κ2) is 5.86. The lowest BCUT2D eigenvalue weighted by Gasteiger charge is -2.29. The molecule has 15 heavy (non-hydrogen) atoms. The van der Waals surface area contributed by atoms with Gasteiger partial charge in [0.05, 0.1) is 5.60 Å². The fourth-order valence-corrected chi connectivity index (χ4v) is 2.47. The minimum absolute atomic E-state index is 0.0262. The maximum atomic E-state index is 5.68. The molecule has 1 N–H and O–H groups in total. The van der Waals surface area contributed by atoms with Crippen LogP contribution in [0.1, 0.15) is 53.4 Å². The summed E-state index contributed by atoms with van der Waals surface area (Å²) in [6.45, 7) is 10.4. The molecule has 1 aliphatic carbocycles. The average Bonchev–Trinajstić information content (AvgIpc) is 2.67. The summed E-state index contributed by atoms with van der Waals surface area (Å²) in [4.78, 5) is 0. The van der Waals surface area contributed by atoms with E-state index in [-0.39, 0.29) is 5.60 Å². The fourth-order valence-electron chi connectivity index (χ4n) is 2.47. The Kier molecular flexibility index (Phi) is 5.07. The van der Waals surface area contributed by atoms with Crippen LogP contribution in [0.3, 0.4) is 0 Å². The topological polar surface area (TPSA) is 21.3 Å². The number of nitrogens with one attached hydrogen (secondary N) is 1. The summed E-state index contributed by atoms with van der Waals surface area (Å²) >= 11 is 0. The lowest BCUT2D eigenvalue weighted by atomic mass is 9.99. The third-order valence-corrected chi connectivity index (χ3v) is 3.49. The predicted molar refractivity (Wildman–Crippen MR) is 65.1 cm³/mol. The molecule has 1 aliphatic rings. The van der Waals surface area contributed by atoms with Crippen molar-refractivity contribution in [2.75, 3.05) is 13.2 Å². The Hall–Kier alpha value is -0.0800. The summed E-state index contributed by atoms with van der Waals surface area (Å²) in [6.07, 6.45) is 5.66. The maximum absolute atomic E-state index is 5.68. The quantitative estimate of drug-likeness (QED) is 0.732. The van der Waals surface area contributed by atoms with Crippen LogP contribution in [0.15, 0.2) is 0 Å². The third kappa shape index (κ3) is 4.52. The molecule has 0 aromatic rings. The van der Waals surface area contributed by atoms with E-state index in [0.29, 0.717) is 6.04 Å². The SMILES string of the molecule is CCOC(C)(C)CNC(C)C1CCCC1. The van der Waals surface area contributed by atoms with Gasteiger partial charge in [0.15, 0.2) is 0 Å². The molecule has 1 saturated carbocycles. The first-order valence-corrected chi connectivity index (χ1v) is 6.42. The summed E-state index contributed by atoms with van der Waals surface area (Å²) in [6, 6.07) is 0.646. The van der Waals surface area contributed by atoms with Crippen molar-refractivity contribution in [3.05, 3.63) is 0 Å². The highest BCUT2D eigenvalue weighted by atomic mass is 16.5. The molecule has 1 fully saturated rings. The molecular formula is C13H27NO. The summed E-state index contributed by atoms with van der Waals surface area (Å²) in [5.74, 6) is 0.891. The van der Waals surface area contributed by atoms with Crippen LogP contribution in [0.5, 0.6) is 0 Å². The lowest BCUT2D eigenvalue weighted by Crippen LogP contribution is -2.43. The number of hydrogen-bond donors (Lipinski definition) is 1. The van der Waals surface area contributed by atoms with Crippen molar-refractivity contribution in [1.82, 2.24) is 5.32 Å². The molecule has 0 amide bonds. The van der Waals surface area contributed by atoms with E-state index in [1.54, 1.807) is 0 Å². The molecule has 0 saturated heterocycles. The van der Waals surface area contributed by atoms with Crippen molar-refractivity contribution in [1.29, 1.82) is 0 Å². The van der Waals surface area contributed by atoms with Crippen LogP contribution < -0.4 is 5.32 Å². The second-order valence-electron chi connectivity index (χ2n) is 5.41. The third-order valence-electron chi connectivity index (χ3n) is 3.49. The first kappa shape index (κ1) is 13.0. The first-order valence-electron chi connectivity index (χ1n) is 6.42. The smallest absolute Gasteiger partial charge is 0.0750 e. The first-order chi connectivity index (χ1) is 7.05. The van der Waals surface area contributed by atoms with Crippen LogP contribution >= 0.6 is 0 Å². The molecule has 0 aliphatic heterocycles. The monoisotopic (exact) mass is 213 g/mol. The molecule has 1 rings (SSSR count). The molecule has 0 aromatic heterocycles. The molecule has 90 valence electrons. The molecule has 2 nitrogen and oxygen atoms in total. The van der Waals surface area contributed by atoms with E-state index in [9.17, 15) is 0 Å². The highest BCUT2D eigenvalue weighted by Gasteiger charge is 2.24. The Balaban J connectivity index is 2.23. The maximum Gasteiger partial charge on any atom is 0.0750 e. The van der Waals surface area contributed by atoms with Crippen molar-refractivity contribution in [2.24, 2.45) is 5.92 Å². The van der Waals surface area contributed by atoms with E-state index in [4.69, 9.17) is 4.74 Å². The van der Waals surface area contributed by atoms with E-state index in [1.165, 1.54) is 25.7 Å². The Morgan fingerprint density at radius 1 is 1.33 bits per heavy atom. The van der Waals surface area contributed by atoms with Gasteiger partial charge in [0.25, 0.3) is 0 Å². The van der Waals surface area contributed by atoms with E-state index in [2.05, 4.69) is 33.0 Å². The van der Waals surface area contributed by atoms with Gasteiger partial charge in [-0.1, -0.05) is 12.8 Å². The van der Waals surface area contributed by atoms with Crippen LogP contribution in [-0.4, -0.2) is 24.8 Å². The van der Waals surface area contributed by atoms with E-state index < -0.39 is 0 Å². The van der Waals surface area contributed by atoms with Gasteiger partial charge in [0.2, 0.25) is 0 Å². The van der Waals surface area contributed by atoms with Gasteiger partial charge in [0, 0.05) is 19.2 Å². The Morgan fingerprint density at radius 3 is 2.47 bits per heavy atom. The summed E-state index contributed by atoms with van der Waals surface area (Å²) in [5, 5.41) is 3.62. The molecule has 0 aromatic carbocycles. The minimum atomic E-state index is -0.0262. The van der Waals surface area contributed by atoms with Gasteiger partial charge in [0.1, 0.15) is 0 Å². The highest BCUT2D eigenvalue weighted by molar-refractivity contribution is 4.80. The Labute approximate surface area is 94.8 Å². The molecule has 0 bridgehead atoms. The number of rotatable bonds is 6. The summed E-state index contributed by atoms with van der Waals surface area (Å²) in [5.41, 5.74) is -0.0262. The Morgan fingerprint density at radius 2 is 1.93 bits per heavy atom.